The molecule has 0 heterocycles. The second-order valence-electron chi connectivity index (χ2n) is 2.19. The molecule has 54 valence electrons. The second kappa shape index (κ2) is 6.21. The van der Waals surface area contributed by atoms with Crippen LogP contribution in [0, 0.1) is 0 Å². The lowest BCUT2D eigenvalue weighted by atomic mass is 10.3. The van der Waals surface area contributed by atoms with Crippen molar-refractivity contribution in [2.45, 2.75) is 27.2 Å². The average molecular weight is 144 g/mol. The Morgan fingerprint density at radius 1 is 1.56 bits per heavy atom. The minimum Gasteiger partial charge on any atom is -0.158 e. The fourth-order valence-corrected chi connectivity index (χ4v) is 1.38. The molecule has 0 N–H and O–H groups in total. The van der Waals surface area contributed by atoms with Gasteiger partial charge in [-0.1, -0.05) is 18.6 Å². The highest BCUT2D eigenvalue weighted by Crippen LogP contribution is 2.07. The molecule has 0 atom stereocenters. The van der Waals surface area contributed by atoms with Gasteiger partial charge in [0.1, 0.15) is 0 Å². The van der Waals surface area contributed by atoms with Crippen molar-refractivity contribution in [3.8, 4) is 0 Å². The van der Waals surface area contributed by atoms with E-state index in [1.165, 1.54) is 23.5 Å². The lowest BCUT2D eigenvalue weighted by Gasteiger charge is -1.97. The van der Waals surface area contributed by atoms with Gasteiger partial charge in [0, 0.05) is 5.75 Å². The molecule has 0 fully saturated rings. The zero-order valence-corrected chi connectivity index (χ0v) is 7.42. The van der Waals surface area contributed by atoms with Gasteiger partial charge in [-0.05, 0) is 26.0 Å². The Bertz CT molecular complexity index is 84.6. The van der Waals surface area contributed by atoms with Crippen molar-refractivity contribution >= 4 is 11.8 Å². The van der Waals surface area contributed by atoms with Crippen LogP contribution in [0.5, 0.6) is 0 Å². The van der Waals surface area contributed by atoms with Crippen molar-refractivity contribution in [2.75, 3.05) is 11.5 Å². The molecule has 0 aromatic heterocycles. The third kappa shape index (κ3) is 5.97. The standard InChI is InChI=1S/C8H16S/c1-4-6-9-7-8(3)5-2/h5H,4,6-7H2,1-3H3. The Labute approximate surface area is 62.7 Å². The van der Waals surface area contributed by atoms with Gasteiger partial charge in [0.2, 0.25) is 0 Å². The molecule has 9 heavy (non-hydrogen) atoms. The van der Waals surface area contributed by atoms with Crippen LogP contribution in [0.4, 0.5) is 0 Å². The zero-order chi connectivity index (χ0) is 7.11. The van der Waals surface area contributed by atoms with Gasteiger partial charge in [0.05, 0.1) is 0 Å². The van der Waals surface area contributed by atoms with Crippen LogP contribution in [-0.2, 0) is 0 Å². The van der Waals surface area contributed by atoms with E-state index in [1.807, 2.05) is 11.8 Å². The number of thioether (sulfide) groups is 1. The van der Waals surface area contributed by atoms with Gasteiger partial charge in [-0.15, -0.1) is 0 Å². The van der Waals surface area contributed by atoms with Gasteiger partial charge in [-0.3, -0.25) is 0 Å². The van der Waals surface area contributed by atoms with Gasteiger partial charge in [0.15, 0.2) is 0 Å². The first kappa shape index (κ1) is 9.09. The summed E-state index contributed by atoms with van der Waals surface area (Å²) < 4.78 is 0. The predicted molar refractivity (Wildman–Crippen MR) is 47.0 cm³/mol. The fourth-order valence-electron chi connectivity index (χ4n) is 0.461. The molecule has 0 spiro atoms. The highest BCUT2D eigenvalue weighted by molar-refractivity contribution is 7.99. The molecule has 0 saturated carbocycles. The highest BCUT2D eigenvalue weighted by Gasteiger charge is 1.86. The van der Waals surface area contributed by atoms with E-state index in [1.54, 1.807) is 0 Å². The van der Waals surface area contributed by atoms with Crippen molar-refractivity contribution in [3.63, 3.8) is 0 Å². The first-order valence-corrected chi connectivity index (χ1v) is 4.66. The first-order valence-electron chi connectivity index (χ1n) is 3.50. The molecule has 0 aliphatic heterocycles. The van der Waals surface area contributed by atoms with Gasteiger partial charge in [-0.25, -0.2) is 0 Å². The van der Waals surface area contributed by atoms with Crippen LogP contribution in [0.3, 0.4) is 0 Å². The van der Waals surface area contributed by atoms with Crippen LogP contribution in [0.25, 0.3) is 0 Å². The van der Waals surface area contributed by atoms with E-state index >= 15 is 0 Å². The third-order valence-electron chi connectivity index (χ3n) is 1.17. The summed E-state index contributed by atoms with van der Waals surface area (Å²) in [7, 11) is 0. The molecular formula is C8H16S. The summed E-state index contributed by atoms with van der Waals surface area (Å²) in [6.45, 7) is 6.50. The van der Waals surface area contributed by atoms with Gasteiger partial charge in [0.25, 0.3) is 0 Å². The van der Waals surface area contributed by atoms with Crippen LogP contribution in [0.1, 0.15) is 27.2 Å². The molecule has 0 aliphatic carbocycles. The minimum absolute atomic E-state index is 1.21. The topological polar surface area (TPSA) is 0 Å². The van der Waals surface area contributed by atoms with E-state index < -0.39 is 0 Å². The summed E-state index contributed by atoms with van der Waals surface area (Å²) in [5.74, 6) is 2.51. The average Bonchev–Trinajstić information content (AvgIpc) is 1.89. The lowest BCUT2D eigenvalue weighted by Crippen LogP contribution is -1.82. The third-order valence-corrected chi connectivity index (χ3v) is 2.53. The van der Waals surface area contributed by atoms with Crippen LogP contribution in [0.15, 0.2) is 11.6 Å². The van der Waals surface area contributed by atoms with Crippen molar-refractivity contribution in [1.82, 2.24) is 0 Å². The van der Waals surface area contributed by atoms with E-state index in [9.17, 15) is 0 Å². The molecule has 0 radical (unpaired) electrons. The van der Waals surface area contributed by atoms with E-state index in [0.717, 1.165) is 0 Å². The number of hydrogen-bond acceptors (Lipinski definition) is 1. The predicted octanol–water partition coefficient (Wildman–Crippen LogP) is 3.10. The van der Waals surface area contributed by atoms with E-state index in [-0.39, 0.29) is 0 Å². The van der Waals surface area contributed by atoms with Crippen LogP contribution < -0.4 is 0 Å². The maximum Gasteiger partial charge on any atom is 0.0140 e. The molecule has 0 saturated heterocycles. The molecule has 0 unspecified atom stereocenters. The number of hydrogen-bond donors (Lipinski definition) is 0. The van der Waals surface area contributed by atoms with E-state index in [0.29, 0.717) is 0 Å². The van der Waals surface area contributed by atoms with Crippen molar-refractivity contribution in [1.29, 1.82) is 0 Å². The molecule has 0 nitrogen and oxygen atoms in total. The summed E-state index contributed by atoms with van der Waals surface area (Å²) in [4.78, 5) is 0. The Kier molecular flexibility index (Phi) is 6.28. The normalized spacial score (nSPS) is 12.1. The summed E-state index contributed by atoms with van der Waals surface area (Å²) in [6.07, 6.45) is 3.48. The zero-order valence-electron chi connectivity index (χ0n) is 6.61. The smallest absolute Gasteiger partial charge is 0.0140 e. The number of allylic oxidation sites excluding steroid dienone is 1. The second-order valence-corrected chi connectivity index (χ2v) is 3.29. The molecule has 0 amide bonds. The van der Waals surface area contributed by atoms with Crippen molar-refractivity contribution < 1.29 is 0 Å². The monoisotopic (exact) mass is 144 g/mol. The molecular weight excluding hydrogens is 128 g/mol. The van der Waals surface area contributed by atoms with Crippen LogP contribution >= 0.6 is 11.8 Å². The largest absolute Gasteiger partial charge is 0.158 e. The molecule has 0 rings (SSSR count). The van der Waals surface area contributed by atoms with Crippen molar-refractivity contribution in [3.05, 3.63) is 11.6 Å². The molecule has 1 heteroatoms. The summed E-state index contributed by atoms with van der Waals surface area (Å²) in [5.41, 5.74) is 1.49. The fraction of sp³-hybridized carbons (Fsp3) is 0.750. The molecule has 0 bridgehead atoms. The molecule has 0 aromatic carbocycles. The highest BCUT2D eigenvalue weighted by atomic mass is 32.2. The Hall–Kier alpha value is 0.0900. The molecule has 0 aliphatic rings. The Balaban J connectivity index is 3.07. The summed E-state index contributed by atoms with van der Waals surface area (Å²) >= 11 is 2.02. The van der Waals surface area contributed by atoms with E-state index in [4.69, 9.17) is 0 Å². The first-order chi connectivity index (χ1) is 4.31. The maximum atomic E-state index is 2.22. The van der Waals surface area contributed by atoms with Gasteiger partial charge >= 0.3 is 0 Å². The summed E-state index contributed by atoms with van der Waals surface area (Å²) in [6, 6.07) is 0. The van der Waals surface area contributed by atoms with E-state index in [2.05, 4.69) is 26.8 Å². The van der Waals surface area contributed by atoms with Crippen LogP contribution in [-0.4, -0.2) is 11.5 Å². The van der Waals surface area contributed by atoms with Crippen molar-refractivity contribution in [2.24, 2.45) is 0 Å². The van der Waals surface area contributed by atoms with Crippen LogP contribution in [0.2, 0.25) is 0 Å². The molecule has 0 aromatic rings. The minimum atomic E-state index is 1.21. The lowest BCUT2D eigenvalue weighted by molar-refractivity contribution is 1.11. The quantitative estimate of drug-likeness (QED) is 0.431. The summed E-state index contributed by atoms with van der Waals surface area (Å²) in [5, 5.41) is 0. The van der Waals surface area contributed by atoms with Gasteiger partial charge < -0.3 is 0 Å². The Morgan fingerprint density at radius 2 is 2.22 bits per heavy atom. The van der Waals surface area contributed by atoms with Gasteiger partial charge in [-0.2, -0.15) is 11.8 Å². The Morgan fingerprint density at radius 3 is 2.67 bits per heavy atom. The SMILES string of the molecule is CC=C(C)CSCCC. The maximum absolute atomic E-state index is 2.22. The number of rotatable bonds is 4.